The largest absolute Gasteiger partial charge is 0.497 e. The van der Waals surface area contributed by atoms with Gasteiger partial charge in [0.05, 0.1) is 19.0 Å². The Morgan fingerprint density at radius 3 is 2.73 bits per heavy atom. The number of hydrogen-bond acceptors (Lipinski definition) is 6. The minimum atomic E-state index is 0.190. The van der Waals surface area contributed by atoms with Gasteiger partial charge >= 0.3 is 0 Å². The van der Waals surface area contributed by atoms with E-state index in [2.05, 4.69) is 40.8 Å². The molecule has 2 N–H and O–H groups in total. The van der Waals surface area contributed by atoms with Crippen molar-refractivity contribution >= 4 is 16.9 Å². The van der Waals surface area contributed by atoms with Crippen LogP contribution in [0.25, 0.3) is 11.1 Å². The third kappa shape index (κ3) is 3.37. The van der Waals surface area contributed by atoms with Crippen molar-refractivity contribution in [2.75, 3.05) is 19.4 Å². The summed E-state index contributed by atoms with van der Waals surface area (Å²) in [5.41, 5.74) is 8.92. The summed E-state index contributed by atoms with van der Waals surface area (Å²) in [5, 5.41) is 0.815. The molecule has 0 amide bonds. The minimum Gasteiger partial charge on any atom is -0.497 e. The van der Waals surface area contributed by atoms with Crippen LogP contribution in [0, 0.1) is 13.8 Å². The van der Waals surface area contributed by atoms with E-state index in [9.17, 15) is 0 Å². The van der Waals surface area contributed by atoms with Crippen LogP contribution in [0.4, 0.5) is 5.82 Å². The molecule has 3 rings (SSSR count). The van der Waals surface area contributed by atoms with Gasteiger partial charge in [0.2, 0.25) is 5.71 Å². The number of methoxy groups -OCH3 is 1. The molecule has 6 nitrogen and oxygen atoms in total. The fourth-order valence-corrected chi connectivity index (χ4v) is 3.21. The molecule has 0 aliphatic carbocycles. The van der Waals surface area contributed by atoms with Crippen LogP contribution in [0.15, 0.2) is 28.7 Å². The van der Waals surface area contributed by atoms with Gasteiger partial charge in [-0.15, -0.1) is 0 Å². The van der Waals surface area contributed by atoms with E-state index in [0.717, 1.165) is 29.0 Å². The number of nitrogens with zero attached hydrogens (tertiary/aromatic N) is 3. The second-order valence-corrected chi connectivity index (χ2v) is 6.50. The molecule has 2 heterocycles. The molecular formula is C20H26N4O2. The van der Waals surface area contributed by atoms with Crippen LogP contribution in [0.5, 0.6) is 5.75 Å². The number of nitrogens with two attached hydrogens (primary N) is 1. The van der Waals surface area contributed by atoms with Crippen LogP contribution in [-0.4, -0.2) is 28.5 Å². The van der Waals surface area contributed by atoms with Crippen LogP contribution in [0.3, 0.4) is 0 Å². The van der Waals surface area contributed by atoms with E-state index < -0.39 is 0 Å². The van der Waals surface area contributed by atoms with Crippen molar-refractivity contribution in [2.24, 2.45) is 0 Å². The molecule has 0 fully saturated rings. The van der Waals surface area contributed by atoms with E-state index in [-0.39, 0.29) is 6.04 Å². The molecule has 0 aliphatic heterocycles. The number of ether oxygens (including phenoxy) is 1. The third-order valence-electron chi connectivity index (χ3n) is 4.98. The number of nitrogen functional groups attached to an aromatic ring is 1. The monoisotopic (exact) mass is 354 g/mol. The second-order valence-electron chi connectivity index (χ2n) is 6.50. The van der Waals surface area contributed by atoms with E-state index in [1.807, 2.05) is 26.0 Å². The third-order valence-corrected chi connectivity index (χ3v) is 4.98. The average molecular weight is 354 g/mol. The maximum Gasteiger partial charge on any atom is 0.231 e. The molecule has 3 aromatic rings. The first-order valence-electron chi connectivity index (χ1n) is 8.84. The smallest absolute Gasteiger partial charge is 0.231 e. The number of fused-ring (bicyclic) bond motifs is 1. The zero-order valence-corrected chi connectivity index (χ0v) is 16.0. The lowest BCUT2D eigenvalue weighted by molar-refractivity contribution is 0.207. The Morgan fingerprint density at radius 2 is 2.04 bits per heavy atom. The molecule has 0 spiro atoms. The van der Waals surface area contributed by atoms with Gasteiger partial charge in [0.1, 0.15) is 23.2 Å². The Bertz CT molecular complexity index is 920. The van der Waals surface area contributed by atoms with Crippen LogP contribution in [-0.2, 0) is 6.54 Å². The second kappa shape index (κ2) is 7.33. The van der Waals surface area contributed by atoms with Crippen molar-refractivity contribution in [1.29, 1.82) is 0 Å². The Morgan fingerprint density at radius 1 is 1.27 bits per heavy atom. The SMILES string of the molecule is CCN(Cc1nc(N)c2c(C)c(C)oc2n1)C(C)c1cccc(OC)c1. The summed E-state index contributed by atoms with van der Waals surface area (Å²) in [6.45, 7) is 9.63. The molecular weight excluding hydrogens is 328 g/mol. The zero-order chi connectivity index (χ0) is 18.8. The molecule has 0 aliphatic rings. The predicted octanol–water partition coefficient (Wildman–Crippen LogP) is 4.01. The highest BCUT2D eigenvalue weighted by Gasteiger charge is 2.19. The van der Waals surface area contributed by atoms with Crippen molar-refractivity contribution in [3.63, 3.8) is 0 Å². The number of hydrogen-bond donors (Lipinski definition) is 1. The van der Waals surface area contributed by atoms with Crippen molar-refractivity contribution < 1.29 is 9.15 Å². The fourth-order valence-electron chi connectivity index (χ4n) is 3.21. The molecule has 0 saturated heterocycles. The number of aromatic nitrogens is 2. The first kappa shape index (κ1) is 18.2. The lowest BCUT2D eigenvalue weighted by Gasteiger charge is -2.27. The van der Waals surface area contributed by atoms with Crippen molar-refractivity contribution in [2.45, 2.75) is 40.3 Å². The van der Waals surface area contributed by atoms with Gasteiger partial charge in [0.15, 0.2) is 0 Å². The molecule has 1 unspecified atom stereocenters. The highest BCUT2D eigenvalue weighted by Crippen LogP contribution is 2.29. The highest BCUT2D eigenvalue weighted by atomic mass is 16.5. The highest BCUT2D eigenvalue weighted by molar-refractivity contribution is 5.88. The first-order valence-corrected chi connectivity index (χ1v) is 8.84. The van der Waals surface area contributed by atoms with Gasteiger partial charge in [0, 0.05) is 11.6 Å². The molecule has 1 atom stereocenters. The molecule has 0 bridgehead atoms. The number of benzene rings is 1. The quantitative estimate of drug-likeness (QED) is 0.720. The van der Waals surface area contributed by atoms with Gasteiger partial charge in [-0.3, -0.25) is 4.90 Å². The van der Waals surface area contributed by atoms with Gasteiger partial charge in [-0.2, -0.15) is 4.98 Å². The topological polar surface area (TPSA) is 77.4 Å². The summed E-state index contributed by atoms with van der Waals surface area (Å²) in [6, 6.07) is 8.31. The van der Waals surface area contributed by atoms with Crippen molar-refractivity contribution in [3.05, 3.63) is 47.0 Å². The maximum atomic E-state index is 6.17. The van der Waals surface area contributed by atoms with Gasteiger partial charge in [-0.05, 0) is 45.0 Å². The summed E-state index contributed by atoms with van der Waals surface area (Å²) >= 11 is 0. The molecule has 138 valence electrons. The van der Waals surface area contributed by atoms with Gasteiger partial charge < -0.3 is 14.9 Å². The Balaban J connectivity index is 1.88. The predicted molar refractivity (Wildman–Crippen MR) is 103 cm³/mol. The average Bonchev–Trinajstić information content (AvgIpc) is 2.93. The lowest BCUT2D eigenvalue weighted by Crippen LogP contribution is -2.27. The number of aryl methyl sites for hydroxylation is 2. The zero-order valence-electron chi connectivity index (χ0n) is 16.0. The molecule has 2 aromatic heterocycles. The van der Waals surface area contributed by atoms with Crippen LogP contribution >= 0.6 is 0 Å². The van der Waals surface area contributed by atoms with Crippen LogP contribution < -0.4 is 10.5 Å². The molecule has 26 heavy (non-hydrogen) atoms. The van der Waals surface area contributed by atoms with Gasteiger partial charge in [0.25, 0.3) is 0 Å². The summed E-state index contributed by atoms with van der Waals surface area (Å²) in [4.78, 5) is 11.4. The van der Waals surface area contributed by atoms with Gasteiger partial charge in [-0.1, -0.05) is 19.1 Å². The Kier molecular flexibility index (Phi) is 5.13. The molecule has 1 aromatic carbocycles. The number of anilines is 1. The lowest BCUT2D eigenvalue weighted by atomic mass is 10.1. The first-order chi connectivity index (χ1) is 12.4. The normalized spacial score (nSPS) is 12.7. The maximum absolute atomic E-state index is 6.17. The summed E-state index contributed by atoms with van der Waals surface area (Å²) in [6.07, 6.45) is 0. The Labute approximate surface area is 154 Å². The van der Waals surface area contributed by atoms with E-state index in [1.54, 1.807) is 7.11 Å². The van der Waals surface area contributed by atoms with E-state index in [0.29, 0.717) is 23.9 Å². The Hall–Kier alpha value is -2.60. The number of furan rings is 1. The van der Waals surface area contributed by atoms with Crippen molar-refractivity contribution in [1.82, 2.24) is 14.9 Å². The van der Waals surface area contributed by atoms with E-state index in [1.165, 1.54) is 5.56 Å². The molecule has 6 heteroatoms. The van der Waals surface area contributed by atoms with Gasteiger partial charge in [-0.25, -0.2) is 4.98 Å². The molecule has 0 radical (unpaired) electrons. The standard InChI is InChI=1S/C20H26N4O2/c1-6-24(13(3)15-8-7-9-16(10-15)25-5)11-17-22-19(21)18-12(2)14(4)26-20(18)23-17/h7-10,13H,6,11H2,1-5H3,(H2,21,22,23). The minimum absolute atomic E-state index is 0.190. The molecule has 0 saturated carbocycles. The summed E-state index contributed by atoms with van der Waals surface area (Å²) in [5.74, 6) is 2.83. The van der Waals surface area contributed by atoms with E-state index >= 15 is 0 Å². The fraction of sp³-hybridized carbons (Fsp3) is 0.400. The van der Waals surface area contributed by atoms with Crippen LogP contribution in [0.2, 0.25) is 0 Å². The van der Waals surface area contributed by atoms with Crippen molar-refractivity contribution in [3.8, 4) is 5.75 Å². The summed E-state index contributed by atoms with van der Waals surface area (Å²) < 4.78 is 11.1. The van der Waals surface area contributed by atoms with Crippen LogP contribution in [0.1, 0.15) is 42.6 Å². The summed E-state index contributed by atoms with van der Waals surface area (Å²) in [7, 11) is 1.68. The van der Waals surface area contributed by atoms with E-state index in [4.69, 9.17) is 14.9 Å². The number of rotatable bonds is 6.